The zero-order valence-electron chi connectivity index (χ0n) is 11.0. The Hall–Kier alpha value is -1.86. The summed E-state index contributed by atoms with van der Waals surface area (Å²) in [7, 11) is -3.68. The number of carboxylic acid groups (broad SMARTS) is 1. The van der Waals surface area contributed by atoms with Crippen molar-refractivity contribution in [1.29, 1.82) is 0 Å². The fourth-order valence-corrected chi connectivity index (χ4v) is 4.50. The highest BCUT2D eigenvalue weighted by Crippen LogP contribution is 2.28. The van der Waals surface area contributed by atoms with Gasteiger partial charge in [-0.1, -0.05) is 6.07 Å². The quantitative estimate of drug-likeness (QED) is 0.906. The smallest absolute Gasteiger partial charge is 0.345 e. The second-order valence-electron chi connectivity index (χ2n) is 4.86. The molecule has 0 unspecified atom stereocenters. The van der Waals surface area contributed by atoms with Crippen molar-refractivity contribution < 1.29 is 18.3 Å². The minimum Gasteiger partial charge on any atom is -0.477 e. The number of anilines is 1. The van der Waals surface area contributed by atoms with Crippen LogP contribution in [0.4, 0.5) is 5.00 Å². The van der Waals surface area contributed by atoms with Crippen LogP contribution in [0, 0.1) is 0 Å². The number of fused-ring (bicyclic) bond motifs is 1. The molecule has 0 amide bonds. The van der Waals surface area contributed by atoms with Gasteiger partial charge in [-0.2, -0.15) is 0 Å². The Morgan fingerprint density at radius 1 is 1.14 bits per heavy atom. The van der Waals surface area contributed by atoms with Gasteiger partial charge in [0.1, 0.15) is 9.88 Å². The number of carboxylic acids is 1. The molecule has 2 N–H and O–H groups in total. The highest BCUT2D eigenvalue weighted by atomic mass is 32.2. The molecule has 5 nitrogen and oxygen atoms in total. The first-order valence-corrected chi connectivity index (χ1v) is 8.73. The molecule has 1 aromatic heterocycles. The Labute approximate surface area is 126 Å². The van der Waals surface area contributed by atoms with E-state index in [2.05, 4.69) is 4.72 Å². The highest BCUT2D eigenvalue weighted by Gasteiger charge is 2.19. The van der Waals surface area contributed by atoms with Gasteiger partial charge in [-0.05, 0) is 54.7 Å². The molecule has 1 aromatic carbocycles. The Bertz CT molecular complexity index is 808. The summed E-state index contributed by atoms with van der Waals surface area (Å²) < 4.78 is 27.1. The standard InChI is InChI=1S/C14H13NO4S2/c16-14(17)12-6-7-13(20-12)15-21(18,19)11-5-4-9-2-1-3-10(9)8-11/h4-8,15H,1-3H2,(H,16,17). The molecule has 1 aliphatic carbocycles. The van der Waals surface area contributed by atoms with Crippen molar-refractivity contribution in [2.75, 3.05) is 4.72 Å². The van der Waals surface area contributed by atoms with E-state index in [0.29, 0.717) is 5.00 Å². The Balaban J connectivity index is 1.88. The molecule has 2 aromatic rings. The third-order valence-corrected chi connectivity index (χ3v) is 5.91. The molecule has 0 spiro atoms. The van der Waals surface area contributed by atoms with Gasteiger partial charge in [0.25, 0.3) is 10.0 Å². The highest BCUT2D eigenvalue weighted by molar-refractivity contribution is 7.93. The third-order valence-electron chi connectivity index (χ3n) is 3.43. The largest absolute Gasteiger partial charge is 0.477 e. The second kappa shape index (κ2) is 5.16. The predicted molar refractivity (Wildman–Crippen MR) is 80.6 cm³/mol. The van der Waals surface area contributed by atoms with Crippen molar-refractivity contribution in [3.63, 3.8) is 0 Å². The fourth-order valence-electron chi connectivity index (χ4n) is 2.41. The van der Waals surface area contributed by atoms with E-state index >= 15 is 0 Å². The molecule has 0 bridgehead atoms. The van der Waals surface area contributed by atoms with Crippen LogP contribution in [-0.2, 0) is 22.9 Å². The van der Waals surface area contributed by atoms with Crippen molar-refractivity contribution in [2.45, 2.75) is 24.2 Å². The first-order valence-electron chi connectivity index (χ1n) is 6.43. The van der Waals surface area contributed by atoms with Gasteiger partial charge in [-0.25, -0.2) is 13.2 Å². The molecule has 0 saturated heterocycles. The number of carbonyl (C=O) groups is 1. The number of aryl methyl sites for hydroxylation is 2. The van der Waals surface area contributed by atoms with Crippen molar-refractivity contribution in [3.05, 3.63) is 46.3 Å². The molecular weight excluding hydrogens is 310 g/mol. The van der Waals surface area contributed by atoms with Crippen LogP contribution in [0.2, 0.25) is 0 Å². The molecule has 0 aliphatic heterocycles. The number of benzene rings is 1. The lowest BCUT2D eigenvalue weighted by Crippen LogP contribution is -2.12. The summed E-state index contributed by atoms with van der Waals surface area (Å²) in [6, 6.07) is 8.00. The summed E-state index contributed by atoms with van der Waals surface area (Å²) in [5, 5.41) is 9.15. The first kappa shape index (κ1) is 14.1. The lowest BCUT2D eigenvalue weighted by atomic mass is 10.1. The molecular formula is C14H13NO4S2. The van der Waals surface area contributed by atoms with Crippen LogP contribution in [0.25, 0.3) is 0 Å². The van der Waals surface area contributed by atoms with Gasteiger partial charge < -0.3 is 5.11 Å². The van der Waals surface area contributed by atoms with Gasteiger partial charge in [0, 0.05) is 0 Å². The summed E-state index contributed by atoms with van der Waals surface area (Å²) in [6.45, 7) is 0. The molecule has 0 atom stereocenters. The van der Waals surface area contributed by atoms with E-state index in [1.54, 1.807) is 12.1 Å². The van der Waals surface area contributed by atoms with Crippen LogP contribution in [-0.4, -0.2) is 19.5 Å². The average molecular weight is 323 g/mol. The van der Waals surface area contributed by atoms with Gasteiger partial charge >= 0.3 is 5.97 Å². The summed E-state index contributed by atoms with van der Waals surface area (Å²) in [4.78, 5) is 11.1. The molecule has 0 radical (unpaired) electrons. The maximum Gasteiger partial charge on any atom is 0.345 e. The average Bonchev–Trinajstić information content (AvgIpc) is 3.05. The first-order chi connectivity index (χ1) is 9.95. The minimum absolute atomic E-state index is 0.0988. The van der Waals surface area contributed by atoms with Crippen LogP contribution in [0.5, 0.6) is 0 Å². The number of hydrogen-bond donors (Lipinski definition) is 2. The van der Waals surface area contributed by atoms with E-state index in [9.17, 15) is 13.2 Å². The maximum absolute atomic E-state index is 12.3. The van der Waals surface area contributed by atoms with Crippen LogP contribution in [0.15, 0.2) is 35.2 Å². The minimum atomic E-state index is -3.68. The van der Waals surface area contributed by atoms with Crippen LogP contribution >= 0.6 is 11.3 Å². The molecule has 1 aliphatic rings. The summed E-state index contributed by atoms with van der Waals surface area (Å²) in [5.74, 6) is -1.07. The molecule has 7 heteroatoms. The van der Waals surface area contributed by atoms with E-state index in [1.807, 2.05) is 6.07 Å². The monoisotopic (exact) mass is 323 g/mol. The lowest BCUT2D eigenvalue weighted by molar-refractivity contribution is 0.0702. The molecule has 3 rings (SSSR count). The zero-order chi connectivity index (χ0) is 15.0. The van der Waals surface area contributed by atoms with Gasteiger partial charge in [-0.15, -0.1) is 11.3 Å². The van der Waals surface area contributed by atoms with E-state index in [1.165, 1.54) is 17.7 Å². The lowest BCUT2D eigenvalue weighted by Gasteiger charge is -2.07. The number of aromatic carboxylic acids is 1. The Morgan fingerprint density at radius 2 is 1.90 bits per heavy atom. The van der Waals surface area contributed by atoms with Crippen LogP contribution < -0.4 is 4.72 Å². The van der Waals surface area contributed by atoms with Crippen molar-refractivity contribution in [2.24, 2.45) is 0 Å². The fraction of sp³-hybridized carbons (Fsp3) is 0.214. The van der Waals surface area contributed by atoms with E-state index < -0.39 is 16.0 Å². The number of hydrogen-bond acceptors (Lipinski definition) is 4. The van der Waals surface area contributed by atoms with Gasteiger partial charge in [0.2, 0.25) is 0 Å². The number of sulfonamides is 1. The topological polar surface area (TPSA) is 83.5 Å². The van der Waals surface area contributed by atoms with Crippen LogP contribution in [0.3, 0.4) is 0 Å². The van der Waals surface area contributed by atoms with Gasteiger partial charge in [0.15, 0.2) is 0 Å². The van der Waals surface area contributed by atoms with E-state index in [0.717, 1.165) is 36.2 Å². The molecule has 0 saturated carbocycles. The predicted octanol–water partition coefficient (Wildman–Crippen LogP) is 2.74. The van der Waals surface area contributed by atoms with Crippen molar-refractivity contribution >= 4 is 32.3 Å². The maximum atomic E-state index is 12.3. The van der Waals surface area contributed by atoms with Gasteiger partial charge in [0.05, 0.1) is 4.90 Å². The summed E-state index contributed by atoms with van der Waals surface area (Å²) in [6.07, 6.45) is 2.95. The van der Waals surface area contributed by atoms with E-state index in [4.69, 9.17) is 5.11 Å². The van der Waals surface area contributed by atoms with Crippen molar-refractivity contribution in [3.8, 4) is 0 Å². The molecule has 0 fully saturated rings. The van der Waals surface area contributed by atoms with Gasteiger partial charge in [-0.3, -0.25) is 4.72 Å². The molecule has 21 heavy (non-hydrogen) atoms. The van der Waals surface area contributed by atoms with E-state index in [-0.39, 0.29) is 9.77 Å². The van der Waals surface area contributed by atoms with Crippen LogP contribution in [0.1, 0.15) is 27.2 Å². The number of thiophene rings is 1. The number of rotatable bonds is 4. The second-order valence-corrected chi connectivity index (χ2v) is 7.62. The zero-order valence-corrected chi connectivity index (χ0v) is 12.6. The Kier molecular flexibility index (Phi) is 3.46. The SMILES string of the molecule is O=C(O)c1ccc(NS(=O)(=O)c2ccc3c(c2)CCC3)s1. The number of nitrogens with one attached hydrogen (secondary N) is 1. The Morgan fingerprint density at radius 3 is 2.62 bits per heavy atom. The summed E-state index contributed by atoms with van der Waals surface area (Å²) in [5.41, 5.74) is 2.29. The molecule has 1 heterocycles. The summed E-state index contributed by atoms with van der Waals surface area (Å²) >= 11 is 0.898. The third kappa shape index (κ3) is 2.79. The molecule has 110 valence electrons. The van der Waals surface area contributed by atoms with Crippen molar-refractivity contribution in [1.82, 2.24) is 0 Å². The normalized spacial score (nSPS) is 13.9.